The maximum Gasteiger partial charge on any atom is 0.113 e. The molecular weight excluding hydrogens is 296 g/mol. The molecular formula is C14H21ClN2O2S. The molecule has 3 rings (SSSR count). The van der Waals surface area contributed by atoms with Crippen LogP contribution in [0, 0.1) is 5.41 Å². The van der Waals surface area contributed by atoms with Crippen molar-refractivity contribution in [3.63, 3.8) is 0 Å². The Hall–Kier alpha value is -0.200. The van der Waals surface area contributed by atoms with Crippen LogP contribution in [-0.4, -0.2) is 35.5 Å². The Balaban J connectivity index is 1.68. The van der Waals surface area contributed by atoms with E-state index in [0.29, 0.717) is 6.54 Å². The SMILES string of the molecule is OCC1(C(NCc2ncc(Cl)s2)C2CCCO2)CCC1. The van der Waals surface area contributed by atoms with Crippen molar-refractivity contribution in [3.8, 4) is 0 Å². The van der Waals surface area contributed by atoms with Crippen LogP contribution >= 0.6 is 22.9 Å². The molecule has 0 bridgehead atoms. The largest absolute Gasteiger partial charge is 0.396 e. The summed E-state index contributed by atoms with van der Waals surface area (Å²) in [5, 5.41) is 14.4. The smallest absolute Gasteiger partial charge is 0.113 e. The Morgan fingerprint density at radius 3 is 2.90 bits per heavy atom. The minimum absolute atomic E-state index is 0.00391. The van der Waals surface area contributed by atoms with Gasteiger partial charge in [0.25, 0.3) is 0 Å². The van der Waals surface area contributed by atoms with Crippen molar-refractivity contribution >= 4 is 22.9 Å². The lowest BCUT2D eigenvalue weighted by Crippen LogP contribution is -2.57. The van der Waals surface area contributed by atoms with Gasteiger partial charge in [-0.05, 0) is 25.7 Å². The Morgan fingerprint density at radius 1 is 1.55 bits per heavy atom. The molecule has 0 radical (unpaired) electrons. The van der Waals surface area contributed by atoms with E-state index < -0.39 is 0 Å². The summed E-state index contributed by atoms with van der Waals surface area (Å²) in [6.45, 7) is 1.78. The van der Waals surface area contributed by atoms with Crippen LogP contribution in [-0.2, 0) is 11.3 Å². The predicted octanol–water partition coefficient (Wildman–Crippen LogP) is 2.60. The van der Waals surface area contributed by atoms with Gasteiger partial charge in [0.2, 0.25) is 0 Å². The van der Waals surface area contributed by atoms with Gasteiger partial charge < -0.3 is 15.2 Å². The molecule has 1 aromatic heterocycles. The predicted molar refractivity (Wildman–Crippen MR) is 80.1 cm³/mol. The summed E-state index contributed by atoms with van der Waals surface area (Å²) in [6, 6.07) is 0.214. The molecule has 2 atom stereocenters. The number of aromatic nitrogens is 1. The first-order valence-electron chi connectivity index (χ1n) is 7.30. The number of hydrogen-bond acceptors (Lipinski definition) is 5. The molecule has 6 heteroatoms. The van der Waals surface area contributed by atoms with Crippen LogP contribution in [0.1, 0.15) is 37.1 Å². The zero-order chi connectivity index (χ0) is 14.0. The van der Waals surface area contributed by atoms with Gasteiger partial charge in [0.15, 0.2) is 0 Å². The van der Waals surface area contributed by atoms with Crippen molar-refractivity contribution in [1.29, 1.82) is 0 Å². The number of aliphatic hydroxyl groups excluding tert-OH is 1. The Morgan fingerprint density at radius 2 is 2.40 bits per heavy atom. The summed E-state index contributed by atoms with van der Waals surface area (Å²) in [4.78, 5) is 4.29. The van der Waals surface area contributed by atoms with E-state index in [0.717, 1.165) is 41.6 Å². The average molecular weight is 317 g/mol. The highest BCUT2D eigenvalue weighted by atomic mass is 35.5. The third kappa shape index (κ3) is 2.88. The van der Waals surface area contributed by atoms with Crippen LogP contribution in [0.5, 0.6) is 0 Å². The van der Waals surface area contributed by atoms with E-state index >= 15 is 0 Å². The molecule has 1 aliphatic carbocycles. The molecule has 1 saturated carbocycles. The quantitative estimate of drug-likeness (QED) is 0.847. The highest BCUT2D eigenvalue weighted by Crippen LogP contribution is 2.46. The number of thiazole rings is 1. The number of ether oxygens (including phenoxy) is 1. The first-order valence-corrected chi connectivity index (χ1v) is 8.49. The molecule has 2 heterocycles. The van der Waals surface area contributed by atoms with Crippen molar-refractivity contribution in [2.45, 2.75) is 50.8 Å². The van der Waals surface area contributed by atoms with Crippen LogP contribution < -0.4 is 5.32 Å². The second-order valence-corrected chi connectivity index (χ2v) is 7.59. The van der Waals surface area contributed by atoms with Crippen molar-refractivity contribution in [3.05, 3.63) is 15.5 Å². The third-order valence-corrected chi connectivity index (χ3v) is 5.77. The number of halogens is 1. The molecule has 0 amide bonds. The summed E-state index contributed by atoms with van der Waals surface area (Å²) < 4.78 is 6.59. The fourth-order valence-electron chi connectivity index (χ4n) is 3.37. The Bertz CT molecular complexity index is 439. The van der Waals surface area contributed by atoms with Gasteiger partial charge in [-0.3, -0.25) is 0 Å². The van der Waals surface area contributed by atoms with Crippen LogP contribution in [0.3, 0.4) is 0 Å². The van der Waals surface area contributed by atoms with Gasteiger partial charge in [-0.2, -0.15) is 0 Å². The van der Waals surface area contributed by atoms with Crippen molar-refractivity contribution in [2.75, 3.05) is 13.2 Å². The first kappa shape index (κ1) is 14.7. The lowest BCUT2D eigenvalue weighted by atomic mass is 9.63. The van der Waals surface area contributed by atoms with E-state index in [1.807, 2.05) is 0 Å². The van der Waals surface area contributed by atoms with Crippen molar-refractivity contribution in [1.82, 2.24) is 10.3 Å². The van der Waals surface area contributed by atoms with E-state index in [4.69, 9.17) is 16.3 Å². The minimum atomic E-state index is -0.00391. The minimum Gasteiger partial charge on any atom is -0.396 e. The fraction of sp³-hybridized carbons (Fsp3) is 0.786. The van der Waals surface area contributed by atoms with E-state index in [1.54, 1.807) is 6.20 Å². The van der Waals surface area contributed by atoms with Gasteiger partial charge in [-0.25, -0.2) is 4.98 Å². The van der Waals surface area contributed by atoms with Crippen LogP contribution in [0.2, 0.25) is 4.34 Å². The maximum atomic E-state index is 9.84. The number of nitrogens with zero attached hydrogens (tertiary/aromatic N) is 1. The van der Waals surface area contributed by atoms with E-state index in [2.05, 4.69) is 10.3 Å². The fourth-order valence-corrected chi connectivity index (χ4v) is 4.28. The van der Waals surface area contributed by atoms with E-state index in [-0.39, 0.29) is 24.2 Å². The van der Waals surface area contributed by atoms with Gasteiger partial charge in [0.05, 0.1) is 18.9 Å². The number of hydrogen-bond donors (Lipinski definition) is 2. The zero-order valence-electron chi connectivity index (χ0n) is 11.5. The molecule has 2 unspecified atom stereocenters. The number of rotatable bonds is 6. The van der Waals surface area contributed by atoms with Crippen LogP contribution in [0.4, 0.5) is 0 Å². The monoisotopic (exact) mass is 316 g/mol. The van der Waals surface area contributed by atoms with Gasteiger partial charge in [0.1, 0.15) is 9.34 Å². The summed E-state index contributed by atoms with van der Waals surface area (Å²) in [5.74, 6) is 0. The summed E-state index contributed by atoms with van der Waals surface area (Å²) in [6.07, 6.45) is 7.48. The molecule has 0 aromatic carbocycles. The van der Waals surface area contributed by atoms with E-state index in [9.17, 15) is 5.11 Å². The Kier molecular flexibility index (Phi) is 4.62. The summed E-state index contributed by atoms with van der Waals surface area (Å²) >= 11 is 7.43. The molecule has 4 nitrogen and oxygen atoms in total. The molecule has 2 aliphatic rings. The molecule has 20 heavy (non-hydrogen) atoms. The highest BCUT2D eigenvalue weighted by molar-refractivity contribution is 7.15. The summed E-state index contributed by atoms with van der Waals surface area (Å²) in [7, 11) is 0. The van der Waals surface area contributed by atoms with Gasteiger partial charge in [-0.15, -0.1) is 11.3 Å². The van der Waals surface area contributed by atoms with E-state index in [1.165, 1.54) is 17.8 Å². The van der Waals surface area contributed by atoms with Crippen molar-refractivity contribution < 1.29 is 9.84 Å². The molecule has 1 saturated heterocycles. The second-order valence-electron chi connectivity index (χ2n) is 5.84. The van der Waals surface area contributed by atoms with Gasteiger partial charge >= 0.3 is 0 Å². The first-order chi connectivity index (χ1) is 9.73. The molecule has 2 N–H and O–H groups in total. The van der Waals surface area contributed by atoms with Gasteiger partial charge in [-0.1, -0.05) is 18.0 Å². The molecule has 1 aromatic rings. The molecule has 1 aliphatic heterocycles. The second kappa shape index (κ2) is 6.28. The molecule has 112 valence electrons. The summed E-state index contributed by atoms with van der Waals surface area (Å²) in [5.41, 5.74) is -0.00391. The topological polar surface area (TPSA) is 54.4 Å². The van der Waals surface area contributed by atoms with Crippen LogP contribution in [0.15, 0.2) is 6.20 Å². The average Bonchev–Trinajstić information content (AvgIpc) is 3.04. The molecule has 2 fully saturated rings. The highest BCUT2D eigenvalue weighted by Gasteiger charge is 2.47. The van der Waals surface area contributed by atoms with Crippen LogP contribution in [0.25, 0.3) is 0 Å². The number of nitrogens with one attached hydrogen (secondary N) is 1. The van der Waals surface area contributed by atoms with Crippen molar-refractivity contribution in [2.24, 2.45) is 5.41 Å². The third-order valence-electron chi connectivity index (χ3n) is 4.66. The maximum absolute atomic E-state index is 9.84. The zero-order valence-corrected chi connectivity index (χ0v) is 13.1. The lowest BCUT2D eigenvalue weighted by Gasteiger charge is -2.48. The standard InChI is InChI=1S/C14H21ClN2O2S/c15-11-7-16-12(20-11)8-17-13(10-3-1-6-19-10)14(9-18)4-2-5-14/h7,10,13,17-18H,1-6,8-9H2. The Labute approximate surface area is 128 Å². The number of aliphatic hydroxyl groups is 1. The normalized spacial score (nSPS) is 26.4. The van der Waals surface area contributed by atoms with Gasteiger partial charge in [0, 0.05) is 24.6 Å². The lowest BCUT2D eigenvalue weighted by molar-refractivity contribution is -0.0516. The molecule has 0 spiro atoms.